The smallest absolute Gasteiger partial charge is 0.164 e. The predicted octanol–water partition coefficient (Wildman–Crippen LogP) is 3.36. The molecule has 1 aromatic heterocycles. The van der Waals surface area contributed by atoms with Crippen molar-refractivity contribution in [2.75, 3.05) is 11.9 Å². The molecule has 16 heavy (non-hydrogen) atoms. The molecule has 90 valence electrons. The topological polar surface area (TPSA) is 42.0 Å². The minimum absolute atomic E-state index is 0.0888. The second-order valence-corrected chi connectivity index (χ2v) is 5.40. The van der Waals surface area contributed by atoms with Gasteiger partial charge in [0.05, 0.1) is 11.3 Å². The summed E-state index contributed by atoms with van der Waals surface area (Å²) in [7, 11) is 0. The molecule has 1 unspecified atom stereocenters. The summed E-state index contributed by atoms with van der Waals surface area (Å²) in [5.41, 5.74) is 1.58. The van der Waals surface area contributed by atoms with Gasteiger partial charge in [0, 0.05) is 6.54 Å². The van der Waals surface area contributed by atoms with Crippen LogP contribution in [0.15, 0.2) is 0 Å². The quantitative estimate of drug-likeness (QED) is 0.802. The Bertz CT molecular complexity index is 371. The summed E-state index contributed by atoms with van der Waals surface area (Å²) in [6.07, 6.45) is 0. The fraction of sp³-hybridized carbons (Fsp3) is 0.667. The maximum absolute atomic E-state index is 11.5. The Morgan fingerprint density at radius 2 is 2.06 bits per heavy atom. The van der Waals surface area contributed by atoms with Gasteiger partial charge in [-0.25, -0.2) is 0 Å². The molecule has 0 aliphatic carbocycles. The highest BCUT2D eigenvalue weighted by Crippen LogP contribution is 2.25. The highest BCUT2D eigenvalue weighted by Gasteiger charge is 2.15. The van der Waals surface area contributed by atoms with E-state index in [0.29, 0.717) is 11.8 Å². The lowest BCUT2D eigenvalue weighted by Gasteiger charge is -2.16. The number of carbonyl (C=O) groups is 1. The van der Waals surface area contributed by atoms with E-state index >= 15 is 0 Å². The van der Waals surface area contributed by atoms with Crippen molar-refractivity contribution >= 4 is 22.3 Å². The SMILES string of the molecule is CC(=O)c1c(C)nsc1NCC(C)C(C)C. The van der Waals surface area contributed by atoms with Crippen molar-refractivity contribution in [2.24, 2.45) is 11.8 Å². The van der Waals surface area contributed by atoms with E-state index in [9.17, 15) is 4.79 Å². The normalized spacial score (nSPS) is 12.9. The lowest BCUT2D eigenvalue weighted by Crippen LogP contribution is -2.16. The van der Waals surface area contributed by atoms with Crippen LogP contribution in [0, 0.1) is 18.8 Å². The zero-order valence-corrected chi connectivity index (χ0v) is 11.4. The van der Waals surface area contributed by atoms with Gasteiger partial charge in [-0.15, -0.1) is 0 Å². The third kappa shape index (κ3) is 3.04. The molecule has 1 heterocycles. The van der Waals surface area contributed by atoms with Crippen molar-refractivity contribution in [3.8, 4) is 0 Å². The molecule has 0 radical (unpaired) electrons. The summed E-state index contributed by atoms with van der Waals surface area (Å²) in [6, 6.07) is 0. The van der Waals surface area contributed by atoms with Gasteiger partial charge in [0.1, 0.15) is 5.00 Å². The molecule has 0 aromatic carbocycles. The number of rotatable bonds is 5. The monoisotopic (exact) mass is 240 g/mol. The summed E-state index contributed by atoms with van der Waals surface area (Å²) in [4.78, 5) is 11.5. The zero-order valence-electron chi connectivity index (χ0n) is 10.6. The fourth-order valence-corrected chi connectivity index (χ4v) is 2.24. The van der Waals surface area contributed by atoms with Crippen molar-refractivity contribution in [2.45, 2.75) is 34.6 Å². The van der Waals surface area contributed by atoms with E-state index in [0.717, 1.165) is 22.8 Å². The van der Waals surface area contributed by atoms with Gasteiger partial charge in [-0.3, -0.25) is 4.79 Å². The molecule has 0 fully saturated rings. The van der Waals surface area contributed by atoms with Crippen molar-refractivity contribution < 1.29 is 4.79 Å². The maximum atomic E-state index is 11.5. The van der Waals surface area contributed by atoms with Crippen molar-refractivity contribution in [1.29, 1.82) is 0 Å². The molecule has 1 aromatic rings. The molecule has 0 bridgehead atoms. The van der Waals surface area contributed by atoms with Crippen LogP contribution in [-0.2, 0) is 0 Å². The van der Waals surface area contributed by atoms with E-state index in [1.165, 1.54) is 11.5 Å². The van der Waals surface area contributed by atoms with E-state index in [4.69, 9.17) is 0 Å². The van der Waals surface area contributed by atoms with Crippen LogP contribution < -0.4 is 5.32 Å². The summed E-state index contributed by atoms with van der Waals surface area (Å²) in [5.74, 6) is 1.32. The van der Waals surface area contributed by atoms with E-state index in [1.54, 1.807) is 6.92 Å². The Labute approximate surface area is 101 Å². The third-order valence-electron chi connectivity index (χ3n) is 2.94. The van der Waals surface area contributed by atoms with E-state index in [-0.39, 0.29) is 5.78 Å². The van der Waals surface area contributed by atoms with Crippen LogP contribution in [-0.4, -0.2) is 16.7 Å². The van der Waals surface area contributed by atoms with Crippen LogP contribution in [0.2, 0.25) is 0 Å². The molecule has 0 spiro atoms. The van der Waals surface area contributed by atoms with Gasteiger partial charge in [-0.05, 0) is 37.2 Å². The third-order valence-corrected chi connectivity index (χ3v) is 3.83. The van der Waals surface area contributed by atoms with Gasteiger partial charge in [-0.2, -0.15) is 4.37 Å². The first-order valence-corrected chi connectivity index (χ1v) is 6.42. The Kier molecular flexibility index (Phi) is 4.47. The predicted molar refractivity (Wildman–Crippen MR) is 69.3 cm³/mol. The van der Waals surface area contributed by atoms with Gasteiger partial charge in [0.15, 0.2) is 5.78 Å². The number of anilines is 1. The molecule has 0 aliphatic rings. The highest BCUT2D eigenvalue weighted by molar-refractivity contribution is 7.10. The van der Waals surface area contributed by atoms with Gasteiger partial charge in [-0.1, -0.05) is 20.8 Å². The molecule has 1 atom stereocenters. The van der Waals surface area contributed by atoms with Crippen LogP contribution in [0.1, 0.15) is 43.7 Å². The molecule has 0 aliphatic heterocycles. The van der Waals surface area contributed by atoms with Crippen LogP contribution in [0.3, 0.4) is 0 Å². The van der Waals surface area contributed by atoms with Crippen LogP contribution in [0.25, 0.3) is 0 Å². The molecule has 4 heteroatoms. The number of hydrogen-bond donors (Lipinski definition) is 1. The number of aryl methyl sites for hydroxylation is 1. The zero-order chi connectivity index (χ0) is 12.3. The number of aromatic nitrogens is 1. The van der Waals surface area contributed by atoms with Crippen molar-refractivity contribution in [3.05, 3.63) is 11.3 Å². The average Bonchev–Trinajstić information content (AvgIpc) is 2.55. The number of carbonyl (C=O) groups excluding carboxylic acids is 1. The highest BCUT2D eigenvalue weighted by atomic mass is 32.1. The molecular formula is C12H20N2OS. The van der Waals surface area contributed by atoms with Crippen molar-refractivity contribution in [3.63, 3.8) is 0 Å². The van der Waals surface area contributed by atoms with Gasteiger partial charge in [0.25, 0.3) is 0 Å². The molecule has 0 saturated heterocycles. The summed E-state index contributed by atoms with van der Waals surface area (Å²) < 4.78 is 4.22. The number of Topliss-reactive ketones (excluding diaryl/α,β-unsaturated/α-hetero) is 1. The Morgan fingerprint density at radius 1 is 1.44 bits per heavy atom. The second-order valence-electron chi connectivity index (χ2n) is 4.63. The minimum atomic E-state index is 0.0888. The lowest BCUT2D eigenvalue weighted by molar-refractivity contribution is 0.101. The number of ketones is 1. The molecule has 1 N–H and O–H groups in total. The van der Waals surface area contributed by atoms with Crippen LogP contribution in [0.4, 0.5) is 5.00 Å². The molecule has 1 rings (SSSR count). The first kappa shape index (κ1) is 13.2. The number of nitrogens with one attached hydrogen (secondary N) is 1. The van der Waals surface area contributed by atoms with Gasteiger partial charge < -0.3 is 5.32 Å². The maximum Gasteiger partial charge on any atom is 0.164 e. The Hall–Kier alpha value is -0.900. The average molecular weight is 240 g/mol. The number of hydrogen-bond acceptors (Lipinski definition) is 4. The Balaban J connectivity index is 2.71. The standard InChI is InChI=1S/C12H20N2OS/c1-7(2)8(3)6-13-12-11(10(5)15)9(4)14-16-12/h7-8,13H,6H2,1-5H3. The van der Waals surface area contributed by atoms with E-state index in [2.05, 4.69) is 30.5 Å². The molecule has 0 saturated carbocycles. The molecular weight excluding hydrogens is 220 g/mol. The second kappa shape index (κ2) is 5.43. The summed E-state index contributed by atoms with van der Waals surface area (Å²) in [5, 5.41) is 4.25. The first-order chi connectivity index (χ1) is 7.43. The lowest BCUT2D eigenvalue weighted by atomic mass is 9.98. The summed E-state index contributed by atoms with van der Waals surface area (Å²) in [6.45, 7) is 11.0. The van der Waals surface area contributed by atoms with Crippen LogP contribution in [0.5, 0.6) is 0 Å². The number of nitrogens with zero attached hydrogens (tertiary/aromatic N) is 1. The molecule has 3 nitrogen and oxygen atoms in total. The first-order valence-electron chi connectivity index (χ1n) is 5.64. The van der Waals surface area contributed by atoms with Gasteiger partial charge >= 0.3 is 0 Å². The van der Waals surface area contributed by atoms with E-state index < -0.39 is 0 Å². The fourth-order valence-electron chi connectivity index (χ4n) is 1.39. The van der Waals surface area contributed by atoms with Gasteiger partial charge in [0.2, 0.25) is 0 Å². The molecule has 0 amide bonds. The van der Waals surface area contributed by atoms with Crippen molar-refractivity contribution in [1.82, 2.24) is 4.37 Å². The summed E-state index contributed by atoms with van der Waals surface area (Å²) >= 11 is 1.38. The largest absolute Gasteiger partial charge is 0.375 e. The van der Waals surface area contributed by atoms with Crippen LogP contribution >= 0.6 is 11.5 Å². The van der Waals surface area contributed by atoms with E-state index in [1.807, 2.05) is 6.92 Å². The Morgan fingerprint density at radius 3 is 2.56 bits per heavy atom. The minimum Gasteiger partial charge on any atom is -0.375 e.